The van der Waals surface area contributed by atoms with Gasteiger partial charge < -0.3 is 0 Å². The second kappa shape index (κ2) is 14.5. The van der Waals surface area contributed by atoms with E-state index in [0.29, 0.717) is 11.8 Å². The first-order chi connectivity index (χ1) is 18.5. The van der Waals surface area contributed by atoms with Crippen molar-refractivity contribution >= 4 is 65.6 Å². The van der Waals surface area contributed by atoms with Crippen molar-refractivity contribution in [2.45, 2.75) is 91.9 Å². The molecular formula is C32H40Br2N2S2. The molecule has 2 unspecified atom stereocenters. The first-order valence-corrected chi connectivity index (χ1v) is 17.5. The van der Waals surface area contributed by atoms with Crippen molar-refractivity contribution in [2.75, 3.05) is 0 Å². The number of rotatable bonds is 14. The van der Waals surface area contributed by atoms with Gasteiger partial charge in [-0.1, -0.05) is 91.2 Å². The number of benzene rings is 1. The minimum Gasteiger partial charge on any atom is -0.249 e. The Morgan fingerprint density at radius 2 is 1.05 bits per heavy atom. The highest BCUT2D eigenvalue weighted by Crippen LogP contribution is 2.41. The van der Waals surface area contributed by atoms with Crippen LogP contribution in [0.2, 0.25) is 0 Å². The van der Waals surface area contributed by atoms with E-state index in [1.807, 2.05) is 0 Å². The summed E-state index contributed by atoms with van der Waals surface area (Å²) in [5.74, 6) is 1.32. The van der Waals surface area contributed by atoms with Gasteiger partial charge in [0, 0.05) is 20.9 Å². The van der Waals surface area contributed by atoms with Gasteiger partial charge in [0.15, 0.2) is 0 Å². The molecule has 0 saturated heterocycles. The van der Waals surface area contributed by atoms with Crippen LogP contribution in [0.25, 0.3) is 31.9 Å². The maximum Gasteiger partial charge on any atom is 0.0983 e. The lowest BCUT2D eigenvalue weighted by molar-refractivity contribution is 0.427. The Morgan fingerprint density at radius 1 is 0.632 bits per heavy atom. The fourth-order valence-corrected chi connectivity index (χ4v) is 8.11. The van der Waals surface area contributed by atoms with Gasteiger partial charge >= 0.3 is 0 Å². The van der Waals surface area contributed by atoms with Gasteiger partial charge in [-0.3, -0.25) is 0 Å². The summed E-state index contributed by atoms with van der Waals surface area (Å²) in [6, 6.07) is 13.2. The van der Waals surface area contributed by atoms with Gasteiger partial charge in [-0.2, -0.15) is 0 Å². The second-order valence-electron chi connectivity index (χ2n) is 10.4. The van der Waals surface area contributed by atoms with Crippen LogP contribution in [0, 0.1) is 11.8 Å². The van der Waals surface area contributed by atoms with Crippen LogP contribution < -0.4 is 0 Å². The van der Waals surface area contributed by atoms with Crippen LogP contribution in [0.3, 0.4) is 0 Å². The van der Waals surface area contributed by atoms with E-state index in [1.165, 1.54) is 83.6 Å². The minimum absolute atomic E-state index is 0.659. The second-order valence-corrected chi connectivity index (χ2v) is 15.3. The third-order valence-electron chi connectivity index (χ3n) is 7.71. The van der Waals surface area contributed by atoms with Crippen molar-refractivity contribution in [2.24, 2.45) is 11.8 Å². The smallest absolute Gasteiger partial charge is 0.0983 e. The summed E-state index contributed by atoms with van der Waals surface area (Å²) in [5, 5.41) is 0. The maximum atomic E-state index is 5.54. The van der Waals surface area contributed by atoms with Crippen molar-refractivity contribution in [3.63, 3.8) is 0 Å². The van der Waals surface area contributed by atoms with Crippen molar-refractivity contribution in [1.82, 2.24) is 9.97 Å². The fraction of sp³-hybridized carbons (Fsp3) is 0.500. The van der Waals surface area contributed by atoms with Crippen molar-refractivity contribution in [1.29, 1.82) is 0 Å². The average molecular weight is 677 g/mol. The molecule has 0 bridgehead atoms. The molecule has 0 radical (unpaired) electrons. The standard InChI is InChI=1S/C32H40Br2N2S2/c1-5-9-11-21(7-3)19-25-26(20-22(8-4)12-10-6-2)36-32-24(28-16-18-30(34)38-28)14-13-23(31(32)35-25)27-15-17-29(33)37-27/h13-18,21-22H,5-12,19-20H2,1-4H3. The first kappa shape index (κ1) is 29.9. The zero-order chi connectivity index (χ0) is 27.1. The van der Waals surface area contributed by atoms with Gasteiger partial charge in [0.05, 0.1) is 30.0 Å². The zero-order valence-corrected chi connectivity index (χ0v) is 28.0. The topological polar surface area (TPSA) is 25.8 Å². The van der Waals surface area contributed by atoms with E-state index < -0.39 is 0 Å². The molecule has 38 heavy (non-hydrogen) atoms. The van der Waals surface area contributed by atoms with Gasteiger partial charge in [-0.25, -0.2) is 9.97 Å². The summed E-state index contributed by atoms with van der Waals surface area (Å²) in [6.45, 7) is 9.27. The molecule has 204 valence electrons. The predicted octanol–water partition coefficient (Wildman–Crippen LogP) is 12.1. The van der Waals surface area contributed by atoms with E-state index in [2.05, 4.69) is 96.0 Å². The lowest BCUT2D eigenvalue weighted by atomic mass is 9.89. The molecule has 0 aliphatic rings. The first-order valence-electron chi connectivity index (χ1n) is 14.3. The van der Waals surface area contributed by atoms with Gasteiger partial charge in [0.2, 0.25) is 0 Å². The number of aromatic nitrogens is 2. The summed E-state index contributed by atoms with van der Waals surface area (Å²) in [6.07, 6.45) is 12.1. The Bertz CT molecular complexity index is 1230. The monoisotopic (exact) mass is 674 g/mol. The van der Waals surface area contributed by atoms with Crippen LogP contribution >= 0.6 is 54.5 Å². The van der Waals surface area contributed by atoms with E-state index in [4.69, 9.17) is 9.97 Å². The molecule has 2 nitrogen and oxygen atoms in total. The lowest BCUT2D eigenvalue weighted by Gasteiger charge is -2.21. The largest absolute Gasteiger partial charge is 0.249 e. The van der Waals surface area contributed by atoms with E-state index in [9.17, 15) is 0 Å². The van der Waals surface area contributed by atoms with E-state index in [1.54, 1.807) is 22.7 Å². The highest BCUT2D eigenvalue weighted by Gasteiger charge is 2.21. The van der Waals surface area contributed by atoms with Crippen LogP contribution in [0.4, 0.5) is 0 Å². The molecule has 0 spiro atoms. The quantitative estimate of drug-likeness (QED) is 0.133. The summed E-state index contributed by atoms with van der Waals surface area (Å²) in [5.41, 5.74) is 6.94. The average Bonchev–Trinajstić information content (AvgIpc) is 3.56. The summed E-state index contributed by atoms with van der Waals surface area (Å²) < 4.78 is 2.29. The molecule has 0 aliphatic carbocycles. The molecule has 0 fully saturated rings. The van der Waals surface area contributed by atoms with Gasteiger partial charge in [-0.15, -0.1) is 22.7 Å². The van der Waals surface area contributed by atoms with Crippen LogP contribution in [0.15, 0.2) is 44.0 Å². The number of thiophene rings is 2. The predicted molar refractivity (Wildman–Crippen MR) is 176 cm³/mol. The number of unbranched alkanes of at least 4 members (excludes halogenated alkanes) is 2. The zero-order valence-electron chi connectivity index (χ0n) is 23.2. The highest BCUT2D eigenvalue weighted by molar-refractivity contribution is 9.11. The Kier molecular flexibility index (Phi) is 11.4. The minimum atomic E-state index is 0.659. The maximum absolute atomic E-state index is 5.54. The Labute approximate surface area is 254 Å². The van der Waals surface area contributed by atoms with E-state index in [0.717, 1.165) is 31.4 Å². The Morgan fingerprint density at radius 3 is 1.37 bits per heavy atom. The molecule has 6 heteroatoms. The molecule has 3 heterocycles. The van der Waals surface area contributed by atoms with Crippen molar-refractivity contribution in [3.05, 3.63) is 55.4 Å². The Hall–Kier alpha value is -1.08. The number of halogens is 2. The van der Waals surface area contributed by atoms with Crippen molar-refractivity contribution in [3.8, 4) is 20.9 Å². The number of fused-ring (bicyclic) bond motifs is 1. The van der Waals surface area contributed by atoms with Gasteiger partial charge in [0.1, 0.15) is 0 Å². The molecule has 0 aliphatic heterocycles. The van der Waals surface area contributed by atoms with Crippen LogP contribution in [-0.2, 0) is 12.8 Å². The SMILES string of the molecule is CCCCC(CC)Cc1nc2c(-c3ccc(Br)s3)ccc(-c3ccc(Br)s3)c2nc1CC(CC)CCCC. The molecule has 0 amide bonds. The normalized spacial score (nSPS) is 13.3. The Balaban J connectivity index is 1.91. The van der Waals surface area contributed by atoms with Gasteiger partial charge in [0.25, 0.3) is 0 Å². The molecule has 4 rings (SSSR count). The molecule has 4 aromatic rings. The number of hydrogen-bond donors (Lipinski definition) is 0. The molecule has 2 atom stereocenters. The summed E-state index contributed by atoms with van der Waals surface area (Å²) in [7, 11) is 0. The molecule has 3 aromatic heterocycles. The van der Waals surface area contributed by atoms with Crippen molar-refractivity contribution < 1.29 is 0 Å². The molecule has 1 aromatic carbocycles. The van der Waals surface area contributed by atoms with Crippen LogP contribution in [0.5, 0.6) is 0 Å². The summed E-state index contributed by atoms with van der Waals surface area (Å²) >= 11 is 10.9. The fourth-order valence-electron chi connectivity index (χ4n) is 5.28. The lowest BCUT2D eigenvalue weighted by Crippen LogP contribution is -2.14. The third-order valence-corrected chi connectivity index (χ3v) is 11.0. The molecular weight excluding hydrogens is 636 g/mol. The van der Waals surface area contributed by atoms with E-state index >= 15 is 0 Å². The number of hydrogen-bond acceptors (Lipinski definition) is 4. The summed E-state index contributed by atoms with van der Waals surface area (Å²) in [4.78, 5) is 13.6. The number of nitrogens with zero attached hydrogens (tertiary/aromatic N) is 2. The third kappa shape index (κ3) is 7.35. The molecule has 0 N–H and O–H groups in total. The molecule has 0 saturated carbocycles. The van der Waals surface area contributed by atoms with Crippen LogP contribution in [0.1, 0.15) is 90.4 Å². The van der Waals surface area contributed by atoms with Crippen LogP contribution in [-0.4, -0.2) is 9.97 Å². The van der Waals surface area contributed by atoms with E-state index in [-0.39, 0.29) is 0 Å². The van der Waals surface area contributed by atoms with Gasteiger partial charge in [-0.05, 0) is 80.8 Å². The highest BCUT2D eigenvalue weighted by atomic mass is 79.9.